The van der Waals surface area contributed by atoms with Crippen molar-refractivity contribution in [1.29, 1.82) is 0 Å². The molecule has 0 fully saturated rings. The van der Waals surface area contributed by atoms with Gasteiger partial charge < -0.3 is 9.84 Å². The van der Waals surface area contributed by atoms with E-state index in [1.165, 1.54) is 0 Å². The van der Waals surface area contributed by atoms with Gasteiger partial charge in [-0.15, -0.1) is 5.10 Å². The van der Waals surface area contributed by atoms with Crippen molar-refractivity contribution in [2.45, 2.75) is 6.92 Å². The van der Waals surface area contributed by atoms with Gasteiger partial charge in [0.1, 0.15) is 0 Å². The lowest BCUT2D eigenvalue weighted by atomic mass is 10.3. The van der Waals surface area contributed by atoms with Crippen molar-refractivity contribution in [1.82, 2.24) is 9.78 Å². The highest BCUT2D eigenvalue weighted by atomic mass is 79.9. The zero-order valence-electron chi connectivity index (χ0n) is 9.63. The number of aryl methyl sites for hydroxylation is 1. The molecule has 1 heterocycles. The molecule has 2 aromatic rings. The number of hydrogen-bond acceptors (Lipinski definition) is 3. The predicted octanol–water partition coefficient (Wildman–Crippen LogP) is 2.41. The average Bonchev–Trinajstić information content (AvgIpc) is 2.68. The number of hydrogen-bond donors (Lipinski definition) is 1. The van der Waals surface area contributed by atoms with E-state index >= 15 is 0 Å². The number of rotatable bonds is 4. The summed E-state index contributed by atoms with van der Waals surface area (Å²) in [5, 5.41) is 12.7. The fourth-order valence-electron chi connectivity index (χ4n) is 1.52. The highest BCUT2D eigenvalue weighted by Gasteiger charge is 2.08. The summed E-state index contributed by atoms with van der Waals surface area (Å²) in [5.74, 6) is -0.723. The maximum atomic E-state index is 10.4. The Morgan fingerprint density at radius 3 is 2.94 bits per heavy atom. The first-order chi connectivity index (χ1) is 8.56. The topological polar surface area (TPSA) is 64.3 Å². The number of carboxylic acid groups (broad SMARTS) is 1. The van der Waals surface area contributed by atoms with Crippen LogP contribution in [-0.2, 0) is 4.79 Å². The molecule has 1 aromatic carbocycles. The third-order valence-electron chi connectivity index (χ3n) is 2.26. The molecule has 0 saturated heterocycles. The van der Waals surface area contributed by atoms with Gasteiger partial charge >= 0.3 is 5.97 Å². The molecule has 0 aliphatic rings. The molecule has 1 aromatic heterocycles. The first-order valence-electron chi connectivity index (χ1n) is 5.23. The van der Waals surface area contributed by atoms with Crippen molar-refractivity contribution in [3.05, 3.63) is 40.5 Å². The van der Waals surface area contributed by atoms with Crippen LogP contribution < -0.4 is 4.74 Å². The smallest absolute Gasteiger partial charge is 0.341 e. The van der Waals surface area contributed by atoms with E-state index in [-0.39, 0.29) is 0 Å². The minimum absolute atomic E-state index is 0.301. The van der Waals surface area contributed by atoms with Gasteiger partial charge in [-0.2, -0.15) is 0 Å². The summed E-state index contributed by atoms with van der Waals surface area (Å²) in [5.41, 5.74) is 1.75. The molecular formula is C12H11BrN2O3. The van der Waals surface area contributed by atoms with E-state index < -0.39 is 12.6 Å². The summed E-state index contributed by atoms with van der Waals surface area (Å²) in [7, 11) is 0. The Labute approximate surface area is 112 Å². The van der Waals surface area contributed by atoms with Crippen molar-refractivity contribution >= 4 is 21.9 Å². The molecule has 5 nitrogen and oxygen atoms in total. The molecule has 1 N–H and O–H groups in total. The quantitative estimate of drug-likeness (QED) is 0.942. The zero-order valence-corrected chi connectivity index (χ0v) is 11.2. The molecule has 0 aliphatic carbocycles. The second-order valence-electron chi connectivity index (χ2n) is 3.70. The molecular weight excluding hydrogens is 300 g/mol. The van der Waals surface area contributed by atoms with Crippen molar-refractivity contribution in [3.8, 4) is 11.6 Å². The molecule has 6 heteroatoms. The number of halogens is 1. The highest BCUT2D eigenvalue weighted by Crippen LogP contribution is 2.19. The van der Waals surface area contributed by atoms with Gasteiger partial charge in [-0.1, -0.05) is 22.0 Å². The molecule has 0 radical (unpaired) electrons. The minimum atomic E-state index is -1.02. The second-order valence-corrected chi connectivity index (χ2v) is 4.61. The molecule has 0 amide bonds. The van der Waals surface area contributed by atoms with E-state index in [2.05, 4.69) is 21.0 Å². The third-order valence-corrected chi connectivity index (χ3v) is 2.75. The summed E-state index contributed by atoms with van der Waals surface area (Å²) < 4.78 is 7.68. The number of benzene rings is 1. The Bertz CT molecular complexity index is 580. The Hall–Kier alpha value is -1.82. The molecule has 2 rings (SSSR count). The van der Waals surface area contributed by atoms with Gasteiger partial charge in [0.15, 0.2) is 6.61 Å². The summed E-state index contributed by atoms with van der Waals surface area (Å²) in [4.78, 5) is 10.4. The van der Waals surface area contributed by atoms with E-state index in [1.54, 1.807) is 10.7 Å². The maximum absolute atomic E-state index is 10.4. The van der Waals surface area contributed by atoms with Gasteiger partial charge in [0.25, 0.3) is 0 Å². The highest BCUT2D eigenvalue weighted by molar-refractivity contribution is 9.10. The van der Waals surface area contributed by atoms with Gasteiger partial charge in [-0.25, -0.2) is 9.48 Å². The Kier molecular flexibility index (Phi) is 3.66. The van der Waals surface area contributed by atoms with Crippen LogP contribution in [0.15, 0.2) is 34.8 Å². The van der Waals surface area contributed by atoms with Crippen LogP contribution in [-0.4, -0.2) is 27.5 Å². The van der Waals surface area contributed by atoms with Crippen LogP contribution in [0.2, 0.25) is 0 Å². The maximum Gasteiger partial charge on any atom is 0.341 e. The van der Waals surface area contributed by atoms with Crippen molar-refractivity contribution in [3.63, 3.8) is 0 Å². The van der Waals surface area contributed by atoms with Gasteiger partial charge in [0.05, 0.1) is 5.69 Å². The van der Waals surface area contributed by atoms with Crippen molar-refractivity contribution in [2.24, 2.45) is 0 Å². The van der Waals surface area contributed by atoms with Crippen molar-refractivity contribution in [2.75, 3.05) is 6.61 Å². The number of ether oxygens (including phenoxy) is 1. The summed E-state index contributed by atoms with van der Waals surface area (Å²) in [6, 6.07) is 9.35. The Morgan fingerprint density at radius 2 is 2.28 bits per heavy atom. The average molecular weight is 311 g/mol. The number of carboxylic acids is 1. The number of aromatic nitrogens is 2. The lowest BCUT2D eigenvalue weighted by molar-refractivity contribution is -0.139. The zero-order chi connectivity index (χ0) is 13.1. The minimum Gasteiger partial charge on any atom is -0.479 e. The van der Waals surface area contributed by atoms with E-state index in [9.17, 15) is 4.79 Å². The fourth-order valence-corrected chi connectivity index (χ4v) is 1.91. The second kappa shape index (κ2) is 5.22. The first-order valence-corrected chi connectivity index (χ1v) is 6.03. The van der Waals surface area contributed by atoms with Crippen LogP contribution in [0.4, 0.5) is 0 Å². The van der Waals surface area contributed by atoms with Crippen LogP contribution in [0.3, 0.4) is 0 Å². The standard InChI is InChI=1S/C12H11BrN2O3/c1-8-5-11(18-7-12(16)17)14-15(8)10-4-2-3-9(13)6-10/h2-6H,7H2,1H3,(H,16,17). The van der Waals surface area contributed by atoms with E-state index in [0.29, 0.717) is 5.88 Å². The van der Waals surface area contributed by atoms with E-state index in [4.69, 9.17) is 9.84 Å². The largest absolute Gasteiger partial charge is 0.479 e. The summed E-state index contributed by atoms with van der Waals surface area (Å²) in [6.45, 7) is 1.48. The molecule has 0 atom stereocenters. The van der Waals surface area contributed by atoms with Crippen LogP contribution in [0.25, 0.3) is 5.69 Å². The molecule has 0 aliphatic heterocycles. The monoisotopic (exact) mass is 310 g/mol. The molecule has 18 heavy (non-hydrogen) atoms. The van der Waals surface area contributed by atoms with Gasteiger partial charge in [-0.05, 0) is 25.1 Å². The van der Waals surface area contributed by atoms with Gasteiger partial charge in [0.2, 0.25) is 5.88 Å². The number of aliphatic carboxylic acids is 1. The Balaban J connectivity index is 2.26. The van der Waals surface area contributed by atoms with E-state index in [0.717, 1.165) is 15.9 Å². The van der Waals surface area contributed by atoms with Gasteiger partial charge in [0, 0.05) is 16.2 Å². The number of carbonyl (C=O) groups is 1. The summed E-state index contributed by atoms with van der Waals surface area (Å²) >= 11 is 3.39. The van der Waals surface area contributed by atoms with Crippen LogP contribution in [0, 0.1) is 6.92 Å². The molecule has 0 saturated carbocycles. The fraction of sp³-hybridized carbons (Fsp3) is 0.167. The van der Waals surface area contributed by atoms with Crippen molar-refractivity contribution < 1.29 is 14.6 Å². The SMILES string of the molecule is Cc1cc(OCC(=O)O)nn1-c1cccc(Br)c1. The number of nitrogens with zero attached hydrogens (tertiary/aromatic N) is 2. The first kappa shape index (κ1) is 12.6. The lowest BCUT2D eigenvalue weighted by Crippen LogP contribution is -2.09. The van der Waals surface area contributed by atoms with Gasteiger partial charge in [-0.3, -0.25) is 0 Å². The normalized spacial score (nSPS) is 10.3. The molecule has 0 spiro atoms. The predicted molar refractivity (Wildman–Crippen MR) is 69.1 cm³/mol. The van der Waals surface area contributed by atoms with Crippen LogP contribution in [0.1, 0.15) is 5.69 Å². The lowest BCUT2D eigenvalue weighted by Gasteiger charge is -2.04. The molecule has 0 bridgehead atoms. The Morgan fingerprint density at radius 1 is 1.50 bits per heavy atom. The summed E-state index contributed by atoms with van der Waals surface area (Å²) in [6.07, 6.45) is 0. The van der Waals surface area contributed by atoms with Crippen LogP contribution >= 0.6 is 15.9 Å². The van der Waals surface area contributed by atoms with Crippen LogP contribution in [0.5, 0.6) is 5.88 Å². The molecule has 0 unspecified atom stereocenters. The molecule has 94 valence electrons. The van der Waals surface area contributed by atoms with E-state index in [1.807, 2.05) is 31.2 Å². The third kappa shape index (κ3) is 2.89.